The van der Waals surface area contributed by atoms with E-state index >= 15 is 0 Å². The molecule has 4 rings (SSSR count). The van der Waals surface area contributed by atoms with E-state index in [1.807, 2.05) is 0 Å². The molecule has 31 heavy (non-hydrogen) atoms. The SMILES string of the molecule is CC(=O)n1cc(-c2cc3c(/C=C/c4ccc(F)cc4)nn(C(C)C=O)c3cc2F)cn1. The molecule has 0 aliphatic rings. The van der Waals surface area contributed by atoms with E-state index in [1.165, 1.54) is 42.2 Å². The molecule has 0 aliphatic carbocycles. The minimum absolute atomic E-state index is 0.259. The third-order valence-corrected chi connectivity index (χ3v) is 4.93. The van der Waals surface area contributed by atoms with Crippen LogP contribution in [0.25, 0.3) is 34.2 Å². The molecule has 0 saturated carbocycles. The van der Waals surface area contributed by atoms with Gasteiger partial charge in [0, 0.05) is 35.7 Å². The first-order valence-corrected chi connectivity index (χ1v) is 9.54. The number of halogens is 2. The van der Waals surface area contributed by atoms with Gasteiger partial charge >= 0.3 is 0 Å². The molecule has 0 saturated heterocycles. The largest absolute Gasteiger partial charge is 0.301 e. The van der Waals surface area contributed by atoms with Crippen molar-refractivity contribution in [1.82, 2.24) is 19.6 Å². The number of carbonyl (C=O) groups excluding carboxylic acids is 2. The summed E-state index contributed by atoms with van der Waals surface area (Å²) in [5, 5.41) is 9.06. The van der Waals surface area contributed by atoms with Crippen LogP contribution in [0.4, 0.5) is 8.78 Å². The van der Waals surface area contributed by atoms with E-state index < -0.39 is 11.9 Å². The maximum absolute atomic E-state index is 15.0. The van der Waals surface area contributed by atoms with Crippen LogP contribution in [0, 0.1) is 11.6 Å². The van der Waals surface area contributed by atoms with Crippen LogP contribution in [0.2, 0.25) is 0 Å². The first kappa shape index (κ1) is 20.3. The molecule has 0 N–H and O–H groups in total. The number of rotatable bonds is 5. The summed E-state index contributed by atoms with van der Waals surface area (Å²) in [4.78, 5) is 22.9. The molecule has 0 aliphatic heterocycles. The highest BCUT2D eigenvalue weighted by atomic mass is 19.1. The van der Waals surface area contributed by atoms with Crippen LogP contribution < -0.4 is 0 Å². The summed E-state index contributed by atoms with van der Waals surface area (Å²) >= 11 is 0. The van der Waals surface area contributed by atoms with Gasteiger partial charge in [0.2, 0.25) is 5.91 Å². The fourth-order valence-corrected chi connectivity index (χ4v) is 3.28. The molecular weight excluding hydrogens is 402 g/mol. The fraction of sp³-hybridized carbons (Fsp3) is 0.130. The van der Waals surface area contributed by atoms with Crippen molar-refractivity contribution < 1.29 is 18.4 Å². The quantitative estimate of drug-likeness (QED) is 0.436. The molecule has 0 spiro atoms. The molecule has 156 valence electrons. The van der Waals surface area contributed by atoms with E-state index in [9.17, 15) is 18.4 Å². The Morgan fingerprint density at radius 3 is 2.52 bits per heavy atom. The number of nitrogens with zero attached hydrogens (tertiary/aromatic N) is 4. The summed E-state index contributed by atoms with van der Waals surface area (Å²) in [7, 11) is 0. The summed E-state index contributed by atoms with van der Waals surface area (Å²) in [6.45, 7) is 3.02. The van der Waals surface area contributed by atoms with E-state index in [-0.39, 0.29) is 17.3 Å². The van der Waals surface area contributed by atoms with Gasteiger partial charge in [-0.15, -0.1) is 0 Å². The lowest BCUT2D eigenvalue weighted by Crippen LogP contribution is -2.08. The molecular formula is C23H18F2N4O2. The highest BCUT2D eigenvalue weighted by molar-refractivity contribution is 5.93. The summed E-state index contributed by atoms with van der Waals surface area (Å²) in [6.07, 6.45) is 7.08. The lowest BCUT2D eigenvalue weighted by Gasteiger charge is -2.07. The Labute approximate surface area is 176 Å². The second kappa shape index (κ2) is 8.06. The van der Waals surface area contributed by atoms with Crippen LogP contribution in [-0.4, -0.2) is 31.8 Å². The van der Waals surface area contributed by atoms with Crippen LogP contribution >= 0.6 is 0 Å². The van der Waals surface area contributed by atoms with E-state index in [0.29, 0.717) is 22.2 Å². The van der Waals surface area contributed by atoms with Crippen LogP contribution in [0.15, 0.2) is 48.8 Å². The second-order valence-electron chi connectivity index (χ2n) is 7.13. The van der Waals surface area contributed by atoms with Crippen LogP contribution in [-0.2, 0) is 4.79 Å². The molecule has 1 atom stereocenters. The molecule has 0 fully saturated rings. The van der Waals surface area contributed by atoms with Gasteiger partial charge < -0.3 is 4.79 Å². The Morgan fingerprint density at radius 1 is 1.13 bits per heavy atom. The number of fused-ring (bicyclic) bond motifs is 1. The maximum Gasteiger partial charge on any atom is 0.243 e. The van der Waals surface area contributed by atoms with E-state index in [1.54, 1.807) is 37.3 Å². The van der Waals surface area contributed by atoms with E-state index in [2.05, 4.69) is 10.2 Å². The average molecular weight is 420 g/mol. The minimum Gasteiger partial charge on any atom is -0.301 e. The maximum atomic E-state index is 15.0. The van der Waals surface area contributed by atoms with Gasteiger partial charge in [0.05, 0.1) is 17.4 Å². The predicted molar refractivity (Wildman–Crippen MR) is 113 cm³/mol. The number of aromatic nitrogens is 4. The van der Waals surface area contributed by atoms with Crippen molar-refractivity contribution in [3.63, 3.8) is 0 Å². The minimum atomic E-state index is -0.596. The molecule has 0 bridgehead atoms. The van der Waals surface area contributed by atoms with Crippen molar-refractivity contribution >= 4 is 35.2 Å². The normalized spacial score (nSPS) is 12.5. The highest BCUT2D eigenvalue weighted by Gasteiger charge is 2.18. The molecule has 0 radical (unpaired) electrons. The van der Waals surface area contributed by atoms with Gasteiger partial charge in [0.25, 0.3) is 0 Å². The van der Waals surface area contributed by atoms with Crippen molar-refractivity contribution in [2.45, 2.75) is 19.9 Å². The number of hydrogen-bond donors (Lipinski definition) is 0. The summed E-state index contributed by atoms with van der Waals surface area (Å²) < 4.78 is 30.7. The van der Waals surface area contributed by atoms with Crippen molar-refractivity contribution in [3.05, 3.63) is 71.7 Å². The standard InChI is InChI=1S/C23H18F2N4O2/c1-14(13-30)29-23-10-21(25)19(17-11-26-28(12-17)15(2)31)9-20(23)22(27-29)8-5-16-3-6-18(24)7-4-16/h3-14H,1-2H3/b8-5+. The fourth-order valence-electron chi connectivity index (χ4n) is 3.28. The Bertz CT molecular complexity index is 1320. The highest BCUT2D eigenvalue weighted by Crippen LogP contribution is 2.31. The Morgan fingerprint density at radius 2 is 1.87 bits per heavy atom. The predicted octanol–water partition coefficient (Wildman–Crippen LogP) is 4.77. The molecule has 2 aromatic heterocycles. The zero-order chi connectivity index (χ0) is 22.1. The molecule has 6 nitrogen and oxygen atoms in total. The van der Waals surface area contributed by atoms with Crippen LogP contribution in [0.3, 0.4) is 0 Å². The topological polar surface area (TPSA) is 69.8 Å². The summed E-state index contributed by atoms with van der Waals surface area (Å²) in [5.74, 6) is -1.15. The molecule has 4 aromatic rings. The van der Waals surface area contributed by atoms with Gasteiger partial charge in [-0.3, -0.25) is 9.48 Å². The third-order valence-electron chi connectivity index (χ3n) is 4.93. The van der Waals surface area contributed by atoms with Gasteiger partial charge in [0.15, 0.2) is 0 Å². The van der Waals surface area contributed by atoms with Gasteiger partial charge in [-0.2, -0.15) is 10.2 Å². The molecule has 1 unspecified atom stereocenters. The number of benzene rings is 2. The van der Waals surface area contributed by atoms with Crippen molar-refractivity contribution in [2.24, 2.45) is 0 Å². The van der Waals surface area contributed by atoms with Crippen LogP contribution in [0.5, 0.6) is 0 Å². The lowest BCUT2D eigenvalue weighted by atomic mass is 10.0. The van der Waals surface area contributed by atoms with Crippen LogP contribution in [0.1, 0.15) is 35.9 Å². The molecule has 8 heteroatoms. The van der Waals surface area contributed by atoms with Crippen molar-refractivity contribution in [1.29, 1.82) is 0 Å². The monoisotopic (exact) mass is 420 g/mol. The zero-order valence-electron chi connectivity index (χ0n) is 16.8. The van der Waals surface area contributed by atoms with Gasteiger partial charge in [-0.1, -0.05) is 18.2 Å². The number of hydrogen-bond acceptors (Lipinski definition) is 4. The molecule has 2 heterocycles. The van der Waals surface area contributed by atoms with E-state index in [4.69, 9.17) is 0 Å². The van der Waals surface area contributed by atoms with Gasteiger partial charge in [-0.05, 0) is 36.8 Å². The number of aldehydes is 1. The second-order valence-corrected chi connectivity index (χ2v) is 7.13. The first-order chi connectivity index (χ1) is 14.9. The Hall–Kier alpha value is -3.94. The van der Waals surface area contributed by atoms with Crippen molar-refractivity contribution in [3.8, 4) is 11.1 Å². The molecule has 0 amide bonds. The average Bonchev–Trinajstić information content (AvgIpc) is 3.37. The third kappa shape index (κ3) is 3.92. The van der Waals surface area contributed by atoms with E-state index in [0.717, 1.165) is 16.5 Å². The summed E-state index contributed by atoms with van der Waals surface area (Å²) in [6, 6.07) is 8.30. The summed E-state index contributed by atoms with van der Waals surface area (Å²) in [5.41, 5.74) is 2.44. The first-order valence-electron chi connectivity index (χ1n) is 9.54. The van der Waals surface area contributed by atoms with Gasteiger partial charge in [-0.25, -0.2) is 13.5 Å². The van der Waals surface area contributed by atoms with Crippen molar-refractivity contribution in [2.75, 3.05) is 0 Å². The smallest absolute Gasteiger partial charge is 0.243 e. The van der Waals surface area contributed by atoms with Gasteiger partial charge in [0.1, 0.15) is 24.0 Å². The zero-order valence-corrected chi connectivity index (χ0v) is 16.8. The number of carbonyl (C=O) groups is 2. The Balaban J connectivity index is 1.86. The lowest BCUT2D eigenvalue weighted by molar-refractivity contribution is -0.110. The molecule has 2 aromatic carbocycles. The Kier molecular flexibility index (Phi) is 5.29.